The standard InChI is InChI=1S/C13H16F3N3O2S/c1-7(11-19-10(6-22-11)13(14,15)16)17-12(21)18-9-3-2-8(4-9)5-20/h2-3,6-9,20H,4-5H2,1H3,(H2,17,18,21)/t7?,8-,9+/m0/s1. The number of nitrogens with zero attached hydrogens (tertiary/aromatic N) is 1. The highest BCUT2D eigenvalue weighted by Crippen LogP contribution is 2.31. The van der Waals surface area contributed by atoms with Gasteiger partial charge in [-0.1, -0.05) is 12.2 Å². The minimum absolute atomic E-state index is 0.0199. The Morgan fingerprint density at radius 3 is 2.82 bits per heavy atom. The Labute approximate surface area is 129 Å². The molecule has 0 radical (unpaired) electrons. The fourth-order valence-corrected chi connectivity index (χ4v) is 2.93. The number of halogens is 3. The molecule has 2 rings (SSSR count). The van der Waals surface area contributed by atoms with Crippen molar-refractivity contribution in [3.05, 3.63) is 28.2 Å². The first-order chi connectivity index (χ1) is 10.3. The maximum absolute atomic E-state index is 12.5. The van der Waals surface area contributed by atoms with Crippen molar-refractivity contribution in [3.8, 4) is 0 Å². The number of alkyl halides is 3. The van der Waals surface area contributed by atoms with E-state index in [1.54, 1.807) is 13.0 Å². The van der Waals surface area contributed by atoms with E-state index in [0.717, 1.165) is 16.7 Å². The second kappa shape index (κ2) is 6.66. The molecule has 1 aromatic rings. The first-order valence-electron chi connectivity index (χ1n) is 6.68. The van der Waals surface area contributed by atoms with E-state index in [2.05, 4.69) is 15.6 Å². The summed E-state index contributed by atoms with van der Waals surface area (Å²) in [7, 11) is 0. The van der Waals surface area contributed by atoms with Gasteiger partial charge in [-0.3, -0.25) is 0 Å². The average molecular weight is 335 g/mol. The van der Waals surface area contributed by atoms with Crippen LogP contribution in [0.4, 0.5) is 18.0 Å². The lowest BCUT2D eigenvalue weighted by molar-refractivity contribution is -0.140. The maximum atomic E-state index is 12.5. The smallest absolute Gasteiger partial charge is 0.396 e. The minimum Gasteiger partial charge on any atom is -0.396 e. The van der Waals surface area contributed by atoms with Crippen LogP contribution in [0.3, 0.4) is 0 Å². The summed E-state index contributed by atoms with van der Waals surface area (Å²) in [6, 6.07) is -1.30. The van der Waals surface area contributed by atoms with Gasteiger partial charge in [-0.05, 0) is 13.3 Å². The molecule has 1 heterocycles. The molecular formula is C13H16F3N3O2S. The van der Waals surface area contributed by atoms with Gasteiger partial charge in [-0.2, -0.15) is 13.2 Å². The number of aliphatic hydroxyl groups excluding tert-OH is 1. The van der Waals surface area contributed by atoms with E-state index in [0.29, 0.717) is 6.42 Å². The number of urea groups is 1. The fourth-order valence-electron chi connectivity index (χ4n) is 2.10. The highest BCUT2D eigenvalue weighted by Gasteiger charge is 2.34. The minimum atomic E-state index is -4.48. The quantitative estimate of drug-likeness (QED) is 0.740. The second-order valence-electron chi connectivity index (χ2n) is 5.08. The van der Waals surface area contributed by atoms with Crippen molar-refractivity contribution in [2.24, 2.45) is 5.92 Å². The van der Waals surface area contributed by atoms with Crippen molar-refractivity contribution >= 4 is 17.4 Å². The predicted molar refractivity (Wildman–Crippen MR) is 75.3 cm³/mol. The van der Waals surface area contributed by atoms with Gasteiger partial charge >= 0.3 is 12.2 Å². The molecule has 3 N–H and O–H groups in total. The van der Waals surface area contributed by atoms with E-state index in [1.807, 2.05) is 6.08 Å². The first kappa shape index (κ1) is 16.8. The fraction of sp³-hybridized carbons (Fsp3) is 0.538. The summed E-state index contributed by atoms with van der Waals surface area (Å²) < 4.78 is 37.5. The highest BCUT2D eigenvalue weighted by molar-refractivity contribution is 7.09. The number of hydrogen-bond donors (Lipinski definition) is 3. The van der Waals surface area contributed by atoms with E-state index in [4.69, 9.17) is 5.11 Å². The molecule has 3 atom stereocenters. The Kier molecular flexibility index (Phi) is 5.07. The van der Waals surface area contributed by atoms with Gasteiger partial charge in [-0.25, -0.2) is 9.78 Å². The van der Waals surface area contributed by atoms with Gasteiger partial charge < -0.3 is 15.7 Å². The molecule has 22 heavy (non-hydrogen) atoms. The third-order valence-electron chi connectivity index (χ3n) is 3.25. The van der Waals surface area contributed by atoms with Crippen molar-refractivity contribution in [1.29, 1.82) is 0 Å². The number of aromatic nitrogens is 1. The molecule has 2 amide bonds. The van der Waals surface area contributed by atoms with Crippen molar-refractivity contribution in [1.82, 2.24) is 15.6 Å². The van der Waals surface area contributed by atoms with E-state index in [-0.39, 0.29) is 23.6 Å². The number of carbonyl (C=O) groups excluding carboxylic acids is 1. The van der Waals surface area contributed by atoms with Crippen molar-refractivity contribution in [2.45, 2.75) is 31.6 Å². The third-order valence-corrected chi connectivity index (χ3v) is 4.28. The summed E-state index contributed by atoms with van der Waals surface area (Å²) >= 11 is 0.853. The lowest BCUT2D eigenvalue weighted by atomic mass is 10.1. The monoisotopic (exact) mass is 335 g/mol. The molecule has 0 saturated heterocycles. The summed E-state index contributed by atoms with van der Waals surface area (Å²) in [6.07, 6.45) is -0.264. The van der Waals surface area contributed by atoms with Gasteiger partial charge in [0.15, 0.2) is 5.69 Å². The van der Waals surface area contributed by atoms with Crippen LogP contribution in [0, 0.1) is 5.92 Å². The largest absolute Gasteiger partial charge is 0.434 e. The number of nitrogens with one attached hydrogen (secondary N) is 2. The Morgan fingerprint density at radius 1 is 1.55 bits per heavy atom. The Morgan fingerprint density at radius 2 is 2.27 bits per heavy atom. The molecule has 5 nitrogen and oxygen atoms in total. The summed E-state index contributed by atoms with van der Waals surface area (Å²) in [5, 5.41) is 15.4. The molecule has 1 aliphatic carbocycles. The zero-order valence-corrected chi connectivity index (χ0v) is 12.5. The number of hydrogen-bond acceptors (Lipinski definition) is 4. The number of rotatable bonds is 4. The molecule has 0 spiro atoms. The van der Waals surface area contributed by atoms with Gasteiger partial charge in [0.25, 0.3) is 0 Å². The number of carbonyl (C=O) groups is 1. The Hall–Kier alpha value is -1.61. The molecule has 1 unspecified atom stereocenters. The van der Waals surface area contributed by atoms with E-state index >= 15 is 0 Å². The average Bonchev–Trinajstić information content (AvgIpc) is 3.06. The third kappa shape index (κ3) is 4.20. The predicted octanol–water partition coefficient (Wildman–Crippen LogP) is 2.46. The number of thiazole rings is 1. The molecule has 122 valence electrons. The normalized spacial score (nSPS) is 22.6. The summed E-state index contributed by atoms with van der Waals surface area (Å²) in [5.41, 5.74) is -0.953. The van der Waals surface area contributed by atoms with Crippen molar-refractivity contribution < 1.29 is 23.1 Å². The van der Waals surface area contributed by atoms with Crippen molar-refractivity contribution in [2.75, 3.05) is 6.61 Å². The first-order valence-corrected chi connectivity index (χ1v) is 7.56. The summed E-state index contributed by atoms with van der Waals surface area (Å²) in [4.78, 5) is 15.3. The maximum Gasteiger partial charge on any atom is 0.434 e. The van der Waals surface area contributed by atoms with Gasteiger partial charge in [0.05, 0.1) is 6.04 Å². The topological polar surface area (TPSA) is 74.2 Å². The van der Waals surface area contributed by atoms with Gasteiger partial charge in [-0.15, -0.1) is 11.3 Å². The van der Waals surface area contributed by atoms with Crippen LogP contribution in [0.25, 0.3) is 0 Å². The highest BCUT2D eigenvalue weighted by atomic mass is 32.1. The SMILES string of the molecule is CC(NC(=O)N[C@@H]1C=C[C@H](CO)C1)c1nc(C(F)(F)F)cs1. The van der Waals surface area contributed by atoms with Crippen LogP contribution in [0.15, 0.2) is 17.5 Å². The summed E-state index contributed by atoms with van der Waals surface area (Å²) in [5.74, 6) is 0.0241. The molecule has 0 aliphatic heterocycles. The van der Waals surface area contributed by atoms with Crippen LogP contribution in [-0.4, -0.2) is 28.8 Å². The molecular weight excluding hydrogens is 319 g/mol. The van der Waals surface area contributed by atoms with Gasteiger partial charge in [0.1, 0.15) is 5.01 Å². The van der Waals surface area contributed by atoms with Gasteiger partial charge in [0.2, 0.25) is 0 Å². The second-order valence-corrected chi connectivity index (χ2v) is 5.97. The van der Waals surface area contributed by atoms with E-state index in [1.165, 1.54) is 0 Å². The molecule has 0 bridgehead atoms. The van der Waals surface area contributed by atoms with Crippen LogP contribution in [0.1, 0.15) is 30.1 Å². The van der Waals surface area contributed by atoms with Gasteiger partial charge in [0, 0.05) is 23.9 Å². The van der Waals surface area contributed by atoms with Crippen LogP contribution in [0.5, 0.6) is 0 Å². The van der Waals surface area contributed by atoms with Crippen LogP contribution in [-0.2, 0) is 6.18 Å². The Balaban J connectivity index is 1.86. The molecule has 1 aliphatic rings. The zero-order chi connectivity index (χ0) is 16.3. The van der Waals surface area contributed by atoms with Crippen molar-refractivity contribution in [3.63, 3.8) is 0 Å². The van der Waals surface area contributed by atoms with Crippen LogP contribution < -0.4 is 10.6 Å². The number of amides is 2. The lowest BCUT2D eigenvalue weighted by Crippen LogP contribution is -2.41. The molecule has 9 heteroatoms. The van der Waals surface area contributed by atoms with Crippen LogP contribution >= 0.6 is 11.3 Å². The molecule has 1 aromatic heterocycles. The molecule has 0 fully saturated rings. The van der Waals surface area contributed by atoms with E-state index in [9.17, 15) is 18.0 Å². The Bertz CT molecular complexity index is 559. The zero-order valence-electron chi connectivity index (χ0n) is 11.7. The summed E-state index contributed by atoms with van der Waals surface area (Å²) in [6.45, 7) is 1.59. The van der Waals surface area contributed by atoms with E-state index < -0.39 is 23.9 Å². The molecule has 0 saturated carbocycles. The number of aliphatic hydroxyl groups is 1. The lowest BCUT2D eigenvalue weighted by Gasteiger charge is -2.16. The van der Waals surface area contributed by atoms with Crippen LogP contribution in [0.2, 0.25) is 0 Å². The molecule has 0 aromatic carbocycles.